The molecule has 24 heavy (non-hydrogen) atoms. The molecule has 2 unspecified atom stereocenters. The standard InChI is InChI=1S/C18H14Cl2FNO2/c1-10(13-9-14(13)11-5-7-12(21)8-6-11)22-24-18(23)17-15(19)3-2-4-16(17)20/h2-8,13-14H,9H2,1H3. The van der Waals surface area contributed by atoms with Gasteiger partial charge in [-0.25, -0.2) is 9.18 Å². The smallest absolute Gasteiger partial charge is 0.313 e. The molecular formula is C18H14Cl2FNO2. The van der Waals surface area contributed by atoms with Crippen LogP contribution in [0.1, 0.15) is 35.2 Å². The zero-order chi connectivity index (χ0) is 17.3. The van der Waals surface area contributed by atoms with Crippen molar-refractivity contribution >= 4 is 34.9 Å². The third-order valence-corrected chi connectivity index (χ3v) is 4.69. The fourth-order valence-electron chi connectivity index (χ4n) is 2.65. The number of halogens is 3. The molecule has 0 spiro atoms. The van der Waals surface area contributed by atoms with E-state index < -0.39 is 5.97 Å². The van der Waals surface area contributed by atoms with Crippen LogP contribution in [0, 0.1) is 11.7 Å². The molecule has 1 fully saturated rings. The van der Waals surface area contributed by atoms with Crippen molar-refractivity contribution in [2.75, 3.05) is 0 Å². The van der Waals surface area contributed by atoms with Gasteiger partial charge in [0, 0.05) is 5.92 Å². The van der Waals surface area contributed by atoms with Gasteiger partial charge in [-0.1, -0.05) is 46.6 Å². The van der Waals surface area contributed by atoms with Gasteiger partial charge in [0.05, 0.1) is 21.3 Å². The van der Waals surface area contributed by atoms with Crippen molar-refractivity contribution in [3.05, 3.63) is 69.5 Å². The van der Waals surface area contributed by atoms with Crippen molar-refractivity contribution in [2.45, 2.75) is 19.3 Å². The highest BCUT2D eigenvalue weighted by Gasteiger charge is 2.40. The molecule has 0 aromatic heterocycles. The third-order valence-electron chi connectivity index (χ3n) is 4.06. The van der Waals surface area contributed by atoms with Crippen LogP contribution in [0.3, 0.4) is 0 Å². The Bertz CT molecular complexity index is 785. The Kier molecular flexibility index (Phi) is 4.88. The van der Waals surface area contributed by atoms with E-state index in [1.54, 1.807) is 37.3 Å². The molecule has 2 atom stereocenters. The first kappa shape index (κ1) is 16.9. The highest BCUT2D eigenvalue weighted by Crippen LogP contribution is 2.48. The van der Waals surface area contributed by atoms with E-state index in [4.69, 9.17) is 28.0 Å². The van der Waals surface area contributed by atoms with Crippen molar-refractivity contribution in [3.8, 4) is 0 Å². The molecule has 2 aromatic rings. The molecule has 124 valence electrons. The van der Waals surface area contributed by atoms with Crippen molar-refractivity contribution in [1.29, 1.82) is 0 Å². The monoisotopic (exact) mass is 365 g/mol. The second-order valence-corrected chi connectivity index (χ2v) is 6.52. The van der Waals surface area contributed by atoms with Crippen LogP contribution in [0.25, 0.3) is 0 Å². The molecule has 1 aliphatic rings. The van der Waals surface area contributed by atoms with Crippen LogP contribution in [-0.2, 0) is 4.84 Å². The first-order chi connectivity index (χ1) is 11.5. The number of benzene rings is 2. The Hall–Kier alpha value is -1.91. The molecule has 6 heteroatoms. The van der Waals surface area contributed by atoms with Gasteiger partial charge in [0.1, 0.15) is 5.82 Å². The Morgan fingerprint density at radius 2 is 1.79 bits per heavy atom. The van der Waals surface area contributed by atoms with Crippen LogP contribution in [0.2, 0.25) is 10.0 Å². The highest BCUT2D eigenvalue weighted by molar-refractivity contribution is 6.39. The fourth-order valence-corrected chi connectivity index (χ4v) is 3.21. The summed E-state index contributed by atoms with van der Waals surface area (Å²) in [6.07, 6.45) is 0.894. The van der Waals surface area contributed by atoms with E-state index in [1.807, 2.05) is 0 Å². The van der Waals surface area contributed by atoms with Crippen molar-refractivity contribution in [2.24, 2.45) is 11.1 Å². The number of carbonyl (C=O) groups excluding carboxylic acids is 1. The zero-order valence-corrected chi connectivity index (χ0v) is 14.3. The van der Waals surface area contributed by atoms with Crippen molar-refractivity contribution in [1.82, 2.24) is 0 Å². The Morgan fingerprint density at radius 3 is 2.42 bits per heavy atom. The number of carbonyl (C=O) groups is 1. The quantitative estimate of drug-likeness (QED) is 0.409. The van der Waals surface area contributed by atoms with E-state index in [0.717, 1.165) is 12.0 Å². The summed E-state index contributed by atoms with van der Waals surface area (Å²) in [6.45, 7) is 1.80. The van der Waals surface area contributed by atoms with Gasteiger partial charge < -0.3 is 4.84 Å². The minimum Gasteiger partial charge on any atom is -0.313 e. The average molecular weight is 366 g/mol. The van der Waals surface area contributed by atoms with E-state index >= 15 is 0 Å². The maximum absolute atomic E-state index is 13.0. The summed E-state index contributed by atoms with van der Waals surface area (Å²) >= 11 is 11.9. The predicted molar refractivity (Wildman–Crippen MR) is 92.2 cm³/mol. The molecule has 3 rings (SSSR count). The minimum atomic E-state index is -0.691. The number of nitrogens with zero attached hydrogens (tertiary/aromatic N) is 1. The molecule has 0 heterocycles. The highest BCUT2D eigenvalue weighted by atomic mass is 35.5. The Morgan fingerprint density at radius 1 is 1.17 bits per heavy atom. The van der Waals surface area contributed by atoms with Gasteiger partial charge in [-0.05, 0) is 49.1 Å². The van der Waals surface area contributed by atoms with Gasteiger partial charge in [-0.2, -0.15) is 0 Å². The first-order valence-electron chi connectivity index (χ1n) is 7.42. The summed E-state index contributed by atoms with van der Waals surface area (Å²) in [5.41, 5.74) is 1.86. The Balaban J connectivity index is 1.65. The zero-order valence-electron chi connectivity index (χ0n) is 12.8. The van der Waals surface area contributed by atoms with E-state index in [0.29, 0.717) is 5.71 Å². The number of hydrogen-bond acceptors (Lipinski definition) is 3. The molecule has 1 aliphatic carbocycles. The molecule has 1 saturated carbocycles. The van der Waals surface area contributed by atoms with Gasteiger partial charge in [0.25, 0.3) is 0 Å². The lowest BCUT2D eigenvalue weighted by atomic mass is 10.1. The van der Waals surface area contributed by atoms with Gasteiger partial charge >= 0.3 is 5.97 Å². The molecule has 3 nitrogen and oxygen atoms in total. The van der Waals surface area contributed by atoms with E-state index in [2.05, 4.69) is 5.16 Å². The molecule has 0 N–H and O–H groups in total. The summed E-state index contributed by atoms with van der Waals surface area (Å²) in [6, 6.07) is 11.2. The third kappa shape index (κ3) is 3.60. The molecule has 0 bridgehead atoms. The van der Waals surface area contributed by atoms with Crippen LogP contribution in [0.4, 0.5) is 4.39 Å². The van der Waals surface area contributed by atoms with Gasteiger partial charge in [-0.15, -0.1) is 0 Å². The SMILES string of the molecule is CC(=NOC(=O)c1c(Cl)cccc1Cl)C1CC1c1ccc(F)cc1. The number of rotatable bonds is 4. The number of hydrogen-bond donors (Lipinski definition) is 0. The molecule has 0 radical (unpaired) electrons. The van der Waals surface area contributed by atoms with Crippen molar-refractivity contribution < 1.29 is 14.0 Å². The molecule has 2 aromatic carbocycles. The maximum atomic E-state index is 13.0. The van der Waals surface area contributed by atoms with Crippen LogP contribution in [0.5, 0.6) is 0 Å². The molecular weight excluding hydrogens is 352 g/mol. The molecule has 0 aliphatic heterocycles. The summed E-state index contributed by atoms with van der Waals surface area (Å²) in [4.78, 5) is 17.1. The normalized spacial score (nSPS) is 19.9. The number of oxime groups is 1. The predicted octanol–water partition coefficient (Wildman–Crippen LogP) is 5.47. The lowest BCUT2D eigenvalue weighted by molar-refractivity contribution is 0.0515. The van der Waals surface area contributed by atoms with E-state index in [-0.39, 0.29) is 33.3 Å². The van der Waals surface area contributed by atoms with Crippen LogP contribution in [0.15, 0.2) is 47.6 Å². The summed E-state index contributed by atoms with van der Waals surface area (Å²) in [7, 11) is 0. The van der Waals surface area contributed by atoms with Gasteiger partial charge in [0.15, 0.2) is 0 Å². The molecule has 0 amide bonds. The topological polar surface area (TPSA) is 38.7 Å². The van der Waals surface area contributed by atoms with Gasteiger partial charge in [0.2, 0.25) is 0 Å². The summed E-state index contributed by atoms with van der Waals surface area (Å²) in [5, 5.41) is 4.35. The maximum Gasteiger partial charge on any atom is 0.368 e. The molecule has 0 saturated heterocycles. The van der Waals surface area contributed by atoms with Crippen LogP contribution < -0.4 is 0 Å². The van der Waals surface area contributed by atoms with Crippen LogP contribution >= 0.6 is 23.2 Å². The minimum absolute atomic E-state index is 0.100. The second kappa shape index (κ2) is 6.91. The van der Waals surface area contributed by atoms with E-state index in [1.165, 1.54) is 12.1 Å². The average Bonchev–Trinajstić information content (AvgIpc) is 3.34. The van der Waals surface area contributed by atoms with Crippen molar-refractivity contribution in [3.63, 3.8) is 0 Å². The van der Waals surface area contributed by atoms with Gasteiger partial charge in [-0.3, -0.25) is 0 Å². The van der Waals surface area contributed by atoms with Crippen LogP contribution in [-0.4, -0.2) is 11.7 Å². The largest absolute Gasteiger partial charge is 0.368 e. The Labute approximate surface area is 149 Å². The van der Waals surface area contributed by atoms with E-state index in [9.17, 15) is 9.18 Å². The summed E-state index contributed by atoms with van der Waals surface area (Å²) < 4.78 is 13.0. The fraction of sp³-hybridized carbons (Fsp3) is 0.222. The lowest BCUT2D eigenvalue weighted by Crippen LogP contribution is -2.06. The first-order valence-corrected chi connectivity index (χ1v) is 8.18. The lowest BCUT2D eigenvalue weighted by Gasteiger charge is -2.04. The second-order valence-electron chi connectivity index (χ2n) is 5.71. The summed E-state index contributed by atoms with van der Waals surface area (Å²) in [5.74, 6) is -0.488.